The summed E-state index contributed by atoms with van der Waals surface area (Å²) in [5.74, 6) is 2.02. The second kappa shape index (κ2) is 8.50. The molecule has 2 aliphatic rings. The van der Waals surface area contributed by atoms with Gasteiger partial charge in [0.25, 0.3) is 0 Å². The highest BCUT2D eigenvalue weighted by molar-refractivity contribution is 5.76. The van der Waals surface area contributed by atoms with Gasteiger partial charge in [-0.3, -0.25) is 4.79 Å². The summed E-state index contributed by atoms with van der Waals surface area (Å²) in [6, 6.07) is 2.06. The standard InChI is InChI=1S/C19H31N5O/c1-22(2)17-14-18(21-20-15-17)23-10-12-24(13-11-23)19(25)9-8-16-6-4-3-5-7-16/h14-16H,3-13H2,1-2H3. The van der Waals surface area contributed by atoms with Crippen molar-refractivity contribution in [1.82, 2.24) is 15.1 Å². The fourth-order valence-electron chi connectivity index (χ4n) is 3.89. The van der Waals surface area contributed by atoms with Gasteiger partial charge in [0.1, 0.15) is 0 Å². The minimum Gasteiger partial charge on any atom is -0.376 e. The van der Waals surface area contributed by atoms with E-state index in [4.69, 9.17) is 0 Å². The summed E-state index contributed by atoms with van der Waals surface area (Å²) in [5.41, 5.74) is 1.05. The van der Waals surface area contributed by atoms with E-state index < -0.39 is 0 Å². The maximum Gasteiger partial charge on any atom is 0.222 e. The molecule has 1 saturated carbocycles. The van der Waals surface area contributed by atoms with Gasteiger partial charge in [-0.1, -0.05) is 32.1 Å². The molecule has 1 aromatic heterocycles. The molecule has 6 heteroatoms. The number of hydrogen-bond donors (Lipinski definition) is 0. The van der Waals surface area contributed by atoms with Crippen molar-refractivity contribution in [2.75, 3.05) is 50.1 Å². The van der Waals surface area contributed by atoms with E-state index in [1.165, 1.54) is 32.1 Å². The molecule has 2 fully saturated rings. The van der Waals surface area contributed by atoms with E-state index in [9.17, 15) is 4.79 Å². The molecule has 1 aliphatic carbocycles. The average molecular weight is 345 g/mol. The van der Waals surface area contributed by atoms with Gasteiger partial charge in [-0.05, 0) is 12.3 Å². The second-order valence-electron chi connectivity index (χ2n) is 7.58. The molecule has 1 aromatic rings. The first-order chi connectivity index (χ1) is 12.1. The Bertz CT molecular complexity index is 563. The Morgan fingerprint density at radius 2 is 1.88 bits per heavy atom. The van der Waals surface area contributed by atoms with Crippen LogP contribution in [0, 0.1) is 5.92 Å². The van der Waals surface area contributed by atoms with Crippen LogP contribution in [-0.2, 0) is 4.79 Å². The van der Waals surface area contributed by atoms with Crippen LogP contribution >= 0.6 is 0 Å². The minimum absolute atomic E-state index is 0.332. The zero-order valence-corrected chi connectivity index (χ0v) is 15.7. The lowest BCUT2D eigenvalue weighted by Crippen LogP contribution is -2.49. The molecule has 0 unspecified atom stereocenters. The summed E-state index contributed by atoms with van der Waals surface area (Å²) in [5, 5.41) is 8.36. The van der Waals surface area contributed by atoms with Crippen molar-refractivity contribution in [2.45, 2.75) is 44.9 Å². The molecule has 3 rings (SSSR count). The van der Waals surface area contributed by atoms with Crippen LogP contribution in [0.1, 0.15) is 44.9 Å². The van der Waals surface area contributed by atoms with E-state index in [-0.39, 0.29) is 0 Å². The number of carbonyl (C=O) groups is 1. The van der Waals surface area contributed by atoms with Crippen LogP contribution in [0.2, 0.25) is 0 Å². The molecule has 6 nitrogen and oxygen atoms in total. The molecule has 1 aliphatic heterocycles. The number of aromatic nitrogens is 2. The van der Waals surface area contributed by atoms with Crippen LogP contribution in [0.4, 0.5) is 11.5 Å². The average Bonchev–Trinajstić information content (AvgIpc) is 2.67. The van der Waals surface area contributed by atoms with Crippen LogP contribution in [0.25, 0.3) is 0 Å². The molecule has 0 atom stereocenters. The van der Waals surface area contributed by atoms with E-state index in [0.29, 0.717) is 5.91 Å². The summed E-state index contributed by atoms with van der Waals surface area (Å²) in [4.78, 5) is 18.8. The van der Waals surface area contributed by atoms with Crippen molar-refractivity contribution >= 4 is 17.4 Å². The molecule has 25 heavy (non-hydrogen) atoms. The number of rotatable bonds is 5. The maximum atomic E-state index is 12.5. The Morgan fingerprint density at radius 3 is 2.56 bits per heavy atom. The van der Waals surface area contributed by atoms with E-state index in [1.807, 2.05) is 23.9 Å². The fourth-order valence-corrected chi connectivity index (χ4v) is 3.89. The SMILES string of the molecule is CN(C)c1cnnc(N2CCN(C(=O)CCC3CCCCC3)CC2)c1. The van der Waals surface area contributed by atoms with Crippen molar-refractivity contribution in [2.24, 2.45) is 5.92 Å². The third kappa shape index (κ3) is 4.83. The van der Waals surface area contributed by atoms with Crippen LogP contribution < -0.4 is 9.80 Å². The Hall–Kier alpha value is -1.85. The molecule has 1 saturated heterocycles. The largest absolute Gasteiger partial charge is 0.376 e. The molecule has 138 valence electrons. The lowest BCUT2D eigenvalue weighted by Gasteiger charge is -2.35. The molecular weight excluding hydrogens is 314 g/mol. The van der Waals surface area contributed by atoms with Crippen LogP contribution in [0.3, 0.4) is 0 Å². The van der Waals surface area contributed by atoms with Crippen LogP contribution in [-0.4, -0.2) is 61.3 Å². The summed E-state index contributed by atoms with van der Waals surface area (Å²) in [6.45, 7) is 3.25. The lowest BCUT2D eigenvalue weighted by atomic mass is 9.86. The Kier molecular flexibility index (Phi) is 6.10. The van der Waals surface area contributed by atoms with Gasteiger partial charge in [0.15, 0.2) is 5.82 Å². The monoisotopic (exact) mass is 345 g/mol. The normalized spacial score (nSPS) is 19.1. The first kappa shape index (κ1) is 18.0. The number of carbonyl (C=O) groups excluding carboxylic acids is 1. The fraction of sp³-hybridized carbons (Fsp3) is 0.737. The van der Waals surface area contributed by atoms with Gasteiger partial charge in [-0.2, -0.15) is 5.10 Å². The van der Waals surface area contributed by atoms with Gasteiger partial charge in [-0.25, -0.2) is 0 Å². The number of hydrogen-bond acceptors (Lipinski definition) is 5. The number of amides is 1. The van der Waals surface area contributed by atoms with Gasteiger partial charge in [0.2, 0.25) is 5.91 Å². The van der Waals surface area contributed by atoms with Gasteiger partial charge < -0.3 is 14.7 Å². The van der Waals surface area contributed by atoms with Crippen molar-refractivity contribution in [3.63, 3.8) is 0 Å². The first-order valence-electron chi connectivity index (χ1n) is 9.66. The smallest absolute Gasteiger partial charge is 0.222 e. The molecule has 0 N–H and O–H groups in total. The molecule has 0 bridgehead atoms. The highest BCUT2D eigenvalue weighted by Gasteiger charge is 2.23. The number of nitrogens with zero attached hydrogens (tertiary/aromatic N) is 5. The number of anilines is 2. The van der Waals surface area contributed by atoms with Crippen molar-refractivity contribution in [3.05, 3.63) is 12.3 Å². The zero-order chi connectivity index (χ0) is 17.6. The van der Waals surface area contributed by atoms with Gasteiger partial charge in [-0.15, -0.1) is 5.10 Å². The highest BCUT2D eigenvalue weighted by atomic mass is 16.2. The quantitative estimate of drug-likeness (QED) is 0.821. The topological polar surface area (TPSA) is 52.6 Å². The summed E-state index contributed by atoms with van der Waals surface area (Å²) < 4.78 is 0. The predicted molar refractivity (Wildman–Crippen MR) is 101 cm³/mol. The van der Waals surface area contributed by atoms with Crippen molar-refractivity contribution < 1.29 is 4.79 Å². The lowest BCUT2D eigenvalue weighted by molar-refractivity contribution is -0.131. The first-order valence-corrected chi connectivity index (χ1v) is 9.66. The summed E-state index contributed by atoms with van der Waals surface area (Å²) in [7, 11) is 4.01. The third-order valence-electron chi connectivity index (χ3n) is 5.59. The van der Waals surface area contributed by atoms with Gasteiger partial charge in [0, 0.05) is 52.8 Å². The molecule has 0 radical (unpaired) electrons. The van der Waals surface area contributed by atoms with E-state index >= 15 is 0 Å². The second-order valence-corrected chi connectivity index (χ2v) is 7.58. The number of piperazine rings is 1. The summed E-state index contributed by atoms with van der Waals surface area (Å²) in [6.07, 6.45) is 10.3. The Balaban J connectivity index is 1.46. The molecule has 1 amide bonds. The van der Waals surface area contributed by atoms with Crippen molar-refractivity contribution in [3.8, 4) is 0 Å². The third-order valence-corrected chi connectivity index (χ3v) is 5.59. The predicted octanol–water partition coefficient (Wildman–Crippen LogP) is 2.55. The zero-order valence-electron chi connectivity index (χ0n) is 15.7. The van der Waals surface area contributed by atoms with Gasteiger partial charge in [0.05, 0.1) is 11.9 Å². The summed E-state index contributed by atoms with van der Waals surface area (Å²) >= 11 is 0. The molecular formula is C19H31N5O. The highest BCUT2D eigenvalue weighted by Crippen LogP contribution is 2.27. The van der Waals surface area contributed by atoms with E-state index in [0.717, 1.165) is 56.4 Å². The molecule has 0 aromatic carbocycles. The Morgan fingerprint density at radius 1 is 1.16 bits per heavy atom. The molecule has 2 heterocycles. The molecule has 0 spiro atoms. The van der Waals surface area contributed by atoms with Crippen LogP contribution in [0.15, 0.2) is 12.3 Å². The maximum absolute atomic E-state index is 12.5. The Labute approximate surface area is 151 Å². The van der Waals surface area contributed by atoms with E-state index in [2.05, 4.69) is 21.2 Å². The minimum atomic E-state index is 0.332. The van der Waals surface area contributed by atoms with Crippen LogP contribution in [0.5, 0.6) is 0 Å². The van der Waals surface area contributed by atoms with Crippen molar-refractivity contribution in [1.29, 1.82) is 0 Å². The van der Waals surface area contributed by atoms with Gasteiger partial charge >= 0.3 is 0 Å². The van der Waals surface area contributed by atoms with E-state index in [1.54, 1.807) is 6.20 Å².